The molecule has 4 nitrogen and oxygen atoms in total. The van der Waals surface area contributed by atoms with Gasteiger partial charge in [-0.25, -0.2) is 0 Å². The SMILES string of the molecule is CCN(c1ccc(NC(=O)c2ccccc2OC)cc1)C(C)C. The maximum Gasteiger partial charge on any atom is 0.259 e. The summed E-state index contributed by atoms with van der Waals surface area (Å²) in [5.74, 6) is 0.394. The molecule has 2 aromatic rings. The number of amides is 1. The number of benzene rings is 2. The van der Waals surface area contributed by atoms with Crippen LogP contribution in [-0.2, 0) is 0 Å². The molecule has 0 radical (unpaired) electrons. The van der Waals surface area contributed by atoms with E-state index in [0.29, 0.717) is 17.4 Å². The Morgan fingerprint density at radius 3 is 2.35 bits per heavy atom. The molecule has 0 aromatic heterocycles. The molecule has 2 aromatic carbocycles. The van der Waals surface area contributed by atoms with E-state index in [1.54, 1.807) is 19.2 Å². The average Bonchev–Trinajstić information content (AvgIpc) is 2.56. The normalized spacial score (nSPS) is 10.5. The van der Waals surface area contributed by atoms with E-state index in [2.05, 4.69) is 31.0 Å². The molecule has 0 bridgehead atoms. The maximum absolute atomic E-state index is 12.4. The van der Waals surface area contributed by atoms with E-state index in [0.717, 1.165) is 17.9 Å². The van der Waals surface area contributed by atoms with Crippen LogP contribution < -0.4 is 15.0 Å². The largest absolute Gasteiger partial charge is 0.496 e. The number of nitrogens with zero attached hydrogens (tertiary/aromatic N) is 1. The van der Waals surface area contributed by atoms with Gasteiger partial charge in [-0.3, -0.25) is 4.79 Å². The van der Waals surface area contributed by atoms with Crippen molar-refractivity contribution in [3.8, 4) is 5.75 Å². The van der Waals surface area contributed by atoms with E-state index in [9.17, 15) is 4.79 Å². The topological polar surface area (TPSA) is 41.6 Å². The van der Waals surface area contributed by atoms with Gasteiger partial charge < -0.3 is 15.0 Å². The molecule has 1 amide bonds. The molecule has 0 aliphatic rings. The molecule has 0 spiro atoms. The highest BCUT2D eigenvalue weighted by atomic mass is 16.5. The Bertz CT molecular complexity index is 651. The van der Waals surface area contributed by atoms with Crippen LogP contribution in [0.2, 0.25) is 0 Å². The second-order valence-electron chi connectivity index (χ2n) is 5.58. The molecule has 0 heterocycles. The summed E-state index contributed by atoms with van der Waals surface area (Å²) in [6, 6.07) is 15.5. The van der Waals surface area contributed by atoms with Gasteiger partial charge in [-0.2, -0.15) is 0 Å². The summed E-state index contributed by atoms with van der Waals surface area (Å²) in [5.41, 5.74) is 2.44. The molecule has 1 N–H and O–H groups in total. The second kappa shape index (κ2) is 7.68. The molecule has 0 atom stereocenters. The summed E-state index contributed by atoms with van der Waals surface area (Å²) < 4.78 is 5.23. The summed E-state index contributed by atoms with van der Waals surface area (Å²) in [6.07, 6.45) is 0. The first-order chi connectivity index (χ1) is 11.1. The minimum atomic E-state index is -0.175. The van der Waals surface area contributed by atoms with Gasteiger partial charge in [0.1, 0.15) is 5.75 Å². The van der Waals surface area contributed by atoms with Gasteiger partial charge in [0.2, 0.25) is 0 Å². The first-order valence-electron chi connectivity index (χ1n) is 7.88. The van der Waals surface area contributed by atoms with Gasteiger partial charge in [-0.15, -0.1) is 0 Å². The Hall–Kier alpha value is -2.49. The van der Waals surface area contributed by atoms with Crippen LogP contribution in [0.15, 0.2) is 48.5 Å². The smallest absolute Gasteiger partial charge is 0.259 e. The van der Waals surface area contributed by atoms with Gasteiger partial charge in [-0.1, -0.05) is 12.1 Å². The number of hydrogen-bond donors (Lipinski definition) is 1. The zero-order chi connectivity index (χ0) is 16.8. The van der Waals surface area contributed by atoms with Crippen molar-refractivity contribution in [3.05, 3.63) is 54.1 Å². The minimum Gasteiger partial charge on any atom is -0.496 e. The Morgan fingerprint density at radius 1 is 1.13 bits per heavy atom. The van der Waals surface area contributed by atoms with Crippen molar-refractivity contribution in [1.82, 2.24) is 0 Å². The summed E-state index contributed by atoms with van der Waals surface area (Å²) in [7, 11) is 1.56. The third-order valence-corrected chi connectivity index (χ3v) is 3.77. The van der Waals surface area contributed by atoms with Crippen molar-refractivity contribution in [2.24, 2.45) is 0 Å². The first-order valence-corrected chi connectivity index (χ1v) is 7.88. The lowest BCUT2D eigenvalue weighted by atomic mass is 10.1. The number of ether oxygens (including phenoxy) is 1. The summed E-state index contributed by atoms with van der Waals surface area (Å²) in [4.78, 5) is 14.7. The maximum atomic E-state index is 12.4. The molecule has 122 valence electrons. The Morgan fingerprint density at radius 2 is 1.78 bits per heavy atom. The van der Waals surface area contributed by atoms with Gasteiger partial charge in [0.15, 0.2) is 0 Å². The molecule has 0 unspecified atom stereocenters. The highest BCUT2D eigenvalue weighted by Gasteiger charge is 2.12. The highest BCUT2D eigenvalue weighted by molar-refractivity contribution is 6.06. The Balaban J connectivity index is 2.13. The van der Waals surface area contributed by atoms with E-state index in [1.807, 2.05) is 36.4 Å². The number of para-hydroxylation sites is 1. The van der Waals surface area contributed by atoms with E-state index < -0.39 is 0 Å². The van der Waals surface area contributed by atoms with Crippen molar-refractivity contribution in [2.45, 2.75) is 26.8 Å². The van der Waals surface area contributed by atoms with Crippen LogP contribution in [0, 0.1) is 0 Å². The zero-order valence-corrected chi connectivity index (χ0v) is 14.2. The molecule has 0 fully saturated rings. The third-order valence-electron chi connectivity index (χ3n) is 3.77. The van der Waals surface area contributed by atoms with Crippen LogP contribution in [0.3, 0.4) is 0 Å². The Kier molecular flexibility index (Phi) is 5.63. The molecule has 0 aliphatic heterocycles. The van der Waals surface area contributed by atoms with Crippen LogP contribution in [0.1, 0.15) is 31.1 Å². The summed E-state index contributed by atoms with van der Waals surface area (Å²) >= 11 is 0. The standard InChI is InChI=1S/C19H24N2O2/c1-5-21(14(2)3)16-12-10-15(11-13-16)20-19(22)17-8-6-7-9-18(17)23-4/h6-14H,5H2,1-4H3,(H,20,22). The first kappa shape index (κ1) is 16.9. The number of rotatable bonds is 6. The van der Waals surface area contributed by atoms with Crippen LogP contribution in [0.5, 0.6) is 5.75 Å². The number of anilines is 2. The number of nitrogens with one attached hydrogen (secondary N) is 1. The minimum absolute atomic E-state index is 0.175. The molecule has 0 saturated carbocycles. The van der Waals surface area contributed by atoms with E-state index in [4.69, 9.17) is 4.74 Å². The van der Waals surface area contributed by atoms with Crippen molar-refractivity contribution in [3.63, 3.8) is 0 Å². The number of methoxy groups -OCH3 is 1. The van der Waals surface area contributed by atoms with Crippen molar-refractivity contribution in [1.29, 1.82) is 0 Å². The number of hydrogen-bond acceptors (Lipinski definition) is 3. The van der Waals surface area contributed by atoms with Crippen LogP contribution in [-0.4, -0.2) is 25.6 Å². The fraction of sp³-hybridized carbons (Fsp3) is 0.316. The predicted octanol–water partition coefficient (Wildman–Crippen LogP) is 4.18. The number of carbonyl (C=O) groups excluding carboxylic acids is 1. The van der Waals surface area contributed by atoms with Gasteiger partial charge in [0.25, 0.3) is 5.91 Å². The van der Waals surface area contributed by atoms with Gasteiger partial charge in [-0.05, 0) is 57.2 Å². The fourth-order valence-corrected chi connectivity index (χ4v) is 2.61. The lowest BCUT2D eigenvalue weighted by molar-refractivity contribution is 0.102. The predicted molar refractivity (Wildman–Crippen MR) is 95.5 cm³/mol. The van der Waals surface area contributed by atoms with Crippen molar-refractivity contribution in [2.75, 3.05) is 23.9 Å². The Labute approximate surface area is 138 Å². The molecule has 0 saturated heterocycles. The van der Waals surface area contributed by atoms with Gasteiger partial charge in [0, 0.05) is 24.0 Å². The second-order valence-corrected chi connectivity index (χ2v) is 5.58. The molecule has 23 heavy (non-hydrogen) atoms. The third kappa shape index (κ3) is 4.03. The molecular weight excluding hydrogens is 288 g/mol. The fourth-order valence-electron chi connectivity index (χ4n) is 2.61. The van der Waals surface area contributed by atoms with E-state index >= 15 is 0 Å². The van der Waals surface area contributed by atoms with Crippen LogP contribution in [0.4, 0.5) is 11.4 Å². The van der Waals surface area contributed by atoms with Gasteiger partial charge in [0.05, 0.1) is 12.7 Å². The van der Waals surface area contributed by atoms with Crippen molar-refractivity contribution < 1.29 is 9.53 Å². The molecule has 2 rings (SSSR count). The average molecular weight is 312 g/mol. The van der Waals surface area contributed by atoms with Crippen LogP contribution >= 0.6 is 0 Å². The van der Waals surface area contributed by atoms with Gasteiger partial charge >= 0.3 is 0 Å². The molecular formula is C19H24N2O2. The molecule has 0 aliphatic carbocycles. The lowest BCUT2D eigenvalue weighted by Crippen LogP contribution is -2.30. The summed E-state index contributed by atoms with van der Waals surface area (Å²) in [6.45, 7) is 7.42. The van der Waals surface area contributed by atoms with Crippen molar-refractivity contribution >= 4 is 17.3 Å². The van der Waals surface area contributed by atoms with E-state index in [1.165, 1.54) is 0 Å². The monoisotopic (exact) mass is 312 g/mol. The molecule has 4 heteroatoms. The highest BCUT2D eigenvalue weighted by Crippen LogP contribution is 2.22. The summed E-state index contributed by atoms with van der Waals surface area (Å²) in [5, 5.41) is 2.91. The zero-order valence-electron chi connectivity index (χ0n) is 14.2. The van der Waals surface area contributed by atoms with E-state index in [-0.39, 0.29) is 5.91 Å². The quantitative estimate of drug-likeness (QED) is 0.870. The number of carbonyl (C=O) groups is 1. The lowest BCUT2D eigenvalue weighted by Gasteiger charge is -2.27. The van der Waals surface area contributed by atoms with Crippen LogP contribution in [0.25, 0.3) is 0 Å².